The van der Waals surface area contributed by atoms with Crippen molar-refractivity contribution in [2.45, 2.75) is 21.6 Å². The van der Waals surface area contributed by atoms with Gasteiger partial charge in [0.1, 0.15) is 9.79 Å². The zero-order valence-electron chi connectivity index (χ0n) is 23.2. The van der Waals surface area contributed by atoms with Crippen molar-refractivity contribution in [1.29, 1.82) is 0 Å². The molecule has 47 heavy (non-hydrogen) atoms. The highest BCUT2D eigenvalue weighted by Crippen LogP contribution is 2.37. The first kappa shape index (κ1) is 34.6. The first-order chi connectivity index (χ1) is 21.6. The molecule has 0 heterocycles. The number of anilines is 2. The molecule has 21 heteroatoms. The van der Waals surface area contributed by atoms with Crippen molar-refractivity contribution >= 4 is 76.0 Å². The van der Waals surface area contributed by atoms with E-state index in [-0.39, 0.29) is 28.6 Å². The molecule has 18 nitrogen and oxygen atoms in total. The Bertz CT molecular complexity index is 2390. The Labute approximate surface area is 264 Å². The van der Waals surface area contributed by atoms with Crippen molar-refractivity contribution in [1.82, 2.24) is 0 Å². The van der Waals surface area contributed by atoms with E-state index >= 15 is 0 Å². The number of aromatic carboxylic acids is 1. The topological polar surface area (TPSA) is 302 Å². The molecule has 0 atom stereocenters. The minimum Gasteiger partial charge on any atom is -0.478 e. The maximum absolute atomic E-state index is 13.4. The summed E-state index contributed by atoms with van der Waals surface area (Å²) < 4.78 is 101. The van der Waals surface area contributed by atoms with Gasteiger partial charge in [-0.25, -0.2) is 4.79 Å². The molecule has 6 N–H and O–H groups in total. The predicted molar refractivity (Wildman–Crippen MR) is 161 cm³/mol. The number of amides is 2. The summed E-state index contributed by atoms with van der Waals surface area (Å²) in [7, 11) is -15.9. The standard InChI is InChI=1S/C26H19N3O15S3/c1-12-2-3-13(9-20(12)29(34)35)24(30)27-16-7-14(6-15(8-16)26(32)33)25(31)28-19-4-5-21(46(39,40)41)18-10-17(45(36,37)38)11-22(23(18)19)47(42,43)44/h2-11H,1H3,(H,27,30)(H,28,31)(H,32,33)(H,36,37,38)(H,39,40,41)(H,42,43,44). The number of fused-ring (bicyclic) bond motifs is 1. The second kappa shape index (κ2) is 12.1. The second-order valence-electron chi connectivity index (χ2n) is 9.65. The van der Waals surface area contributed by atoms with Crippen LogP contribution in [0.3, 0.4) is 0 Å². The third-order valence-electron chi connectivity index (χ3n) is 6.48. The van der Waals surface area contributed by atoms with Gasteiger partial charge in [0, 0.05) is 39.2 Å². The van der Waals surface area contributed by atoms with Crippen molar-refractivity contribution in [3.63, 3.8) is 0 Å². The average molecular weight is 710 g/mol. The summed E-state index contributed by atoms with van der Waals surface area (Å²) in [6.07, 6.45) is 0. The zero-order chi connectivity index (χ0) is 35.2. The highest BCUT2D eigenvalue weighted by Gasteiger charge is 2.27. The van der Waals surface area contributed by atoms with Crippen molar-refractivity contribution in [2.24, 2.45) is 0 Å². The lowest BCUT2D eigenvalue weighted by atomic mass is 10.1. The van der Waals surface area contributed by atoms with Crippen molar-refractivity contribution in [3.8, 4) is 0 Å². The largest absolute Gasteiger partial charge is 0.478 e. The Balaban J connectivity index is 1.85. The van der Waals surface area contributed by atoms with E-state index in [2.05, 4.69) is 10.6 Å². The van der Waals surface area contributed by atoms with Crippen LogP contribution in [0.5, 0.6) is 0 Å². The van der Waals surface area contributed by atoms with E-state index in [1.807, 2.05) is 0 Å². The van der Waals surface area contributed by atoms with Gasteiger partial charge in [-0.3, -0.25) is 33.4 Å². The van der Waals surface area contributed by atoms with Crippen LogP contribution in [0.2, 0.25) is 0 Å². The van der Waals surface area contributed by atoms with Crippen LogP contribution >= 0.6 is 0 Å². The summed E-state index contributed by atoms with van der Waals surface area (Å²) in [6, 6.07) is 8.38. The number of nitrogens with one attached hydrogen (secondary N) is 2. The van der Waals surface area contributed by atoms with Crippen LogP contribution in [0.15, 0.2) is 75.4 Å². The van der Waals surface area contributed by atoms with Crippen LogP contribution in [-0.4, -0.2) is 66.7 Å². The highest BCUT2D eigenvalue weighted by atomic mass is 32.2. The maximum atomic E-state index is 13.4. The minimum absolute atomic E-state index is 0.193. The number of carboxylic acid groups (broad SMARTS) is 1. The number of nitrogens with zero attached hydrogens (tertiary/aromatic N) is 1. The monoisotopic (exact) mass is 709 g/mol. The molecule has 0 saturated carbocycles. The molecule has 0 spiro atoms. The zero-order valence-corrected chi connectivity index (χ0v) is 25.7. The molecule has 2 amide bonds. The van der Waals surface area contributed by atoms with E-state index < -0.39 is 95.3 Å². The number of rotatable bonds is 9. The first-order valence-electron chi connectivity index (χ1n) is 12.4. The summed E-state index contributed by atoms with van der Waals surface area (Å²) in [4.78, 5) is 45.0. The Morgan fingerprint density at radius 2 is 1.30 bits per heavy atom. The number of hydrogen-bond acceptors (Lipinski definition) is 11. The summed E-state index contributed by atoms with van der Waals surface area (Å²) in [6.45, 7) is 1.44. The number of carboxylic acids is 1. The van der Waals surface area contributed by atoms with Crippen LogP contribution in [0, 0.1) is 17.0 Å². The fraction of sp³-hybridized carbons (Fsp3) is 0.0385. The van der Waals surface area contributed by atoms with Gasteiger partial charge < -0.3 is 15.7 Å². The van der Waals surface area contributed by atoms with Gasteiger partial charge in [0.05, 0.1) is 21.1 Å². The Morgan fingerprint density at radius 3 is 1.85 bits per heavy atom. The second-order valence-corrected chi connectivity index (χ2v) is 13.9. The molecule has 0 bridgehead atoms. The molecule has 0 aliphatic heterocycles. The summed E-state index contributed by atoms with van der Waals surface area (Å²) in [5.74, 6) is -3.72. The summed E-state index contributed by atoms with van der Waals surface area (Å²) in [5, 5.41) is 23.6. The molecule has 0 saturated heterocycles. The third kappa shape index (κ3) is 7.40. The lowest BCUT2D eigenvalue weighted by Gasteiger charge is -2.15. The predicted octanol–water partition coefficient (Wildman–Crippen LogP) is 3.00. The molecule has 0 unspecified atom stereocenters. The van der Waals surface area contributed by atoms with Crippen LogP contribution in [0.25, 0.3) is 10.8 Å². The molecular formula is C26H19N3O15S3. The first-order valence-corrected chi connectivity index (χ1v) is 16.7. The number of benzene rings is 4. The van der Waals surface area contributed by atoms with Crippen LogP contribution in [-0.2, 0) is 30.4 Å². The molecule has 0 aliphatic carbocycles. The van der Waals surface area contributed by atoms with Crippen molar-refractivity contribution < 1.29 is 63.3 Å². The van der Waals surface area contributed by atoms with Gasteiger partial charge in [0.2, 0.25) is 0 Å². The number of nitro groups is 1. The van der Waals surface area contributed by atoms with Gasteiger partial charge in [-0.2, -0.15) is 25.3 Å². The number of hydrogen-bond donors (Lipinski definition) is 6. The van der Waals surface area contributed by atoms with E-state index in [0.717, 1.165) is 30.3 Å². The van der Waals surface area contributed by atoms with Crippen LogP contribution < -0.4 is 10.6 Å². The number of carbonyl (C=O) groups is 3. The molecule has 0 radical (unpaired) electrons. The van der Waals surface area contributed by atoms with E-state index in [0.29, 0.717) is 12.1 Å². The van der Waals surface area contributed by atoms with Crippen LogP contribution in [0.4, 0.5) is 17.1 Å². The quantitative estimate of drug-likeness (QED) is 0.0826. The lowest BCUT2D eigenvalue weighted by Crippen LogP contribution is -2.17. The number of aryl methyl sites for hydroxylation is 1. The Kier molecular flexibility index (Phi) is 8.91. The molecular weight excluding hydrogens is 690 g/mol. The summed E-state index contributed by atoms with van der Waals surface area (Å²) in [5.41, 5.74) is -2.26. The van der Waals surface area contributed by atoms with Gasteiger partial charge >= 0.3 is 5.97 Å². The molecule has 246 valence electrons. The molecule has 4 aromatic rings. The summed E-state index contributed by atoms with van der Waals surface area (Å²) >= 11 is 0. The number of nitro benzene ring substituents is 1. The molecule has 4 aromatic carbocycles. The SMILES string of the molecule is Cc1ccc(C(=O)Nc2cc(C(=O)O)cc(C(=O)Nc3ccc(S(=O)(=O)O)c4cc(S(=O)(=O)O)cc(S(=O)(=O)O)c34)c2)cc1[N+](=O)[O-]. The highest BCUT2D eigenvalue weighted by molar-refractivity contribution is 7.87. The van der Waals surface area contributed by atoms with Gasteiger partial charge in [-0.1, -0.05) is 6.07 Å². The molecule has 4 rings (SSSR count). The Hall–Kier alpha value is -5.32. The Morgan fingerprint density at radius 1 is 0.702 bits per heavy atom. The van der Waals surface area contributed by atoms with Crippen molar-refractivity contribution in [2.75, 3.05) is 10.6 Å². The van der Waals surface area contributed by atoms with Gasteiger partial charge in [0.25, 0.3) is 47.9 Å². The van der Waals surface area contributed by atoms with E-state index in [1.54, 1.807) is 0 Å². The van der Waals surface area contributed by atoms with E-state index in [1.165, 1.54) is 19.1 Å². The smallest absolute Gasteiger partial charge is 0.335 e. The van der Waals surface area contributed by atoms with Gasteiger partial charge in [-0.05, 0) is 55.5 Å². The van der Waals surface area contributed by atoms with Gasteiger partial charge in [-0.15, -0.1) is 0 Å². The normalized spacial score (nSPS) is 12.0. The maximum Gasteiger partial charge on any atom is 0.335 e. The molecule has 0 aliphatic rings. The molecule has 0 aromatic heterocycles. The lowest BCUT2D eigenvalue weighted by molar-refractivity contribution is -0.385. The van der Waals surface area contributed by atoms with E-state index in [4.69, 9.17) is 0 Å². The fourth-order valence-electron chi connectivity index (χ4n) is 4.38. The van der Waals surface area contributed by atoms with Crippen molar-refractivity contribution in [3.05, 3.63) is 93.0 Å². The third-order valence-corrected chi connectivity index (χ3v) is 9.10. The molecule has 0 fully saturated rings. The van der Waals surface area contributed by atoms with E-state index in [9.17, 15) is 68.5 Å². The fourth-order valence-corrected chi connectivity index (χ4v) is 6.42. The minimum atomic E-state index is -5.44. The van der Waals surface area contributed by atoms with Gasteiger partial charge in [0.15, 0.2) is 0 Å². The number of carbonyl (C=O) groups excluding carboxylic acids is 2. The average Bonchev–Trinajstić information content (AvgIpc) is 2.94. The van der Waals surface area contributed by atoms with Crippen LogP contribution in [0.1, 0.15) is 36.6 Å².